The normalized spacial score (nSPS) is 12.7. The zero-order chi connectivity index (χ0) is 43.4. The Morgan fingerprint density at radius 2 is 1.22 bits per heavy atom. The molecule has 1 aromatic heterocycles. The van der Waals surface area contributed by atoms with Crippen molar-refractivity contribution in [2.75, 3.05) is 80.5 Å². The highest BCUT2D eigenvalue weighted by atomic mass is 33.1. The summed E-state index contributed by atoms with van der Waals surface area (Å²) in [6, 6.07) is 19.2. The molecule has 0 aliphatic heterocycles. The number of anilines is 2. The number of aldehydes is 2. The molecule has 320 valence electrons. The maximum atomic E-state index is 13.0. The van der Waals surface area contributed by atoms with Crippen molar-refractivity contribution in [1.29, 1.82) is 0 Å². The standard InChI is InChI=1S/C44H54N6O8S2/c1-2-3-6-37(14-8-35-10-16-41(17-11-35)48(21-25-51)22-26-52)45-29-43(57)46-38(31-55)33-59-60-34-39(32-56)47-44(58)30-50-20-5-4-7-40(50)15-9-36-12-18-42(19-13-36)49(23-27-53)24-28-54/h2-20,31-32,38-39,51-54H,1,21-30,33-34H2,(H-,46,47,57,58)/p+1/b6-3-,14-8+,45-37?. The lowest BCUT2D eigenvalue weighted by Gasteiger charge is -2.22. The Hall–Kier alpha value is -5.36. The number of hydrogen-bond donors (Lipinski definition) is 6. The van der Waals surface area contributed by atoms with Gasteiger partial charge in [-0.1, -0.05) is 70.7 Å². The van der Waals surface area contributed by atoms with Crippen LogP contribution in [0, 0.1) is 0 Å². The summed E-state index contributed by atoms with van der Waals surface area (Å²) in [5, 5.41) is 42.7. The van der Waals surface area contributed by atoms with Crippen LogP contribution in [0.5, 0.6) is 0 Å². The van der Waals surface area contributed by atoms with Crippen LogP contribution in [0.2, 0.25) is 0 Å². The first-order valence-electron chi connectivity index (χ1n) is 19.3. The molecule has 0 aliphatic rings. The number of amides is 2. The van der Waals surface area contributed by atoms with E-state index < -0.39 is 18.0 Å². The van der Waals surface area contributed by atoms with Crippen LogP contribution >= 0.6 is 21.6 Å². The van der Waals surface area contributed by atoms with Crippen molar-refractivity contribution in [3.05, 3.63) is 121 Å². The molecule has 0 radical (unpaired) electrons. The summed E-state index contributed by atoms with van der Waals surface area (Å²) >= 11 is 0. The van der Waals surface area contributed by atoms with E-state index in [0.29, 0.717) is 44.5 Å². The van der Waals surface area contributed by atoms with E-state index in [0.717, 1.165) is 28.2 Å². The van der Waals surface area contributed by atoms with Crippen molar-refractivity contribution in [2.45, 2.75) is 18.6 Å². The van der Waals surface area contributed by atoms with E-state index in [-0.39, 0.29) is 56.9 Å². The molecule has 2 unspecified atom stereocenters. The summed E-state index contributed by atoms with van der Waals surface area (Å²) < 4.78 is 1.76. The number of carbonyl (C=O) groups is 4. The first-order chi connectivity index (χ1) is 29.3. The molecule has 0 bridgehead atoms. The average molecular weight is 860 g/mol. The number of pyridine rings is 1. The van der Waals surface area contributed by atoms with Crippen LogP contribution in [0.3, 0.4) is 0 Å². The second-order valence-corrected chi connectivity index (χ2v) is 15.5. The van der Waals surface area contributed by atoms with E-state index in [1.807, 2.05) is 94.8 Å². The number of aliphatic imine (C=N–C) groups is 1. The largest absolute Gasteiger partial charge is 0.395 e. The molecular formula is C44H55N6O8S2+. The third-order valence-electron chi connectivity index (χ3n) is 8.59. The molecule has 60 heavy (non-hydrogen) atoms. The molecule has 2 atom stereocenters. The van der Waals surface area contributed by atoms with Crippen LogP contribution in [-0.4, -0.2) is 133 Å². The highest BCUT2D eigenvalue weighted by molar-refractivity contribution is 8.76. The number of aromatic nitrogens is 1. The zero-order valence-electron chi connectivity index (χ0n) is 33.5. The van der Waals surface area contributed by atoms with Gasteiger partial charge < -0.3 is 50.4 Å². The Bertz CT molecular complexity index is 1890. The van der Waals surface area contributed by atoms with Crippen molar-refractivity contribution in [3.63, 3.8) is 0 Å². The number of allylic oxidation sites excluding steroid dienone is 4. The molecule has 16 heteroatoms. The van der Waals surface area contributed by atoms with Crippen LogP contribution in [0.4, 0.5) is 11.4 Å². The second kappa shape index (κ2) is 29.0. The quantitative estimate of drug-likeness (QED) is 0.0149. The van der Waals surface area contributed by atoms with Gasteiger partial charge in [-0.15, -0.1) is 0 Å². The molecule has 0 saturated heterocycles. The third-order valence-corrected chi connectivity index (χ3v) is 11.1. The highest BCUT2D eigenvalue weighted by Gasteiger charge is 2.18. The average Bonchev–Trinajstić information content (AvgIpc) is 3.26. The van der Waals surface area contributed by atoms with Gasteiger partial charge in [-0.2, -0.15) is 4.57 Å². The number of hydrogen-bond acceptors (Lipinski definition) is 13. The molecule has 2 amide bonds. The second-order valence-electron chi connectivity index (χ2n) is 13.0. The van der Waals surface area contributed by atoms with Crippen LogP contribution < -0.4 is 25.0 Å². The highest BCUT2D eigenvalue weighted by Crippen LogP contribution is 2.22. The first kappa shape index (κ1) is 49.0. The molecular weight excluding hydrogens is 805 g/mol. The van der Waals surface area contributed by atoms with E-state index in [9.17, 15) is 39.6 Å². The van der Waals surface area contributed by atoms with Crippen molar-refractivity contribution in [2.24, 2.45) is 4.99 Å². The van der Waals surface area contributed by atoms with Crippen molar-refractivity contribution in [1.82, 2.24) is 10.6 Å². The lowest BCUT2D eigenvalue weighted by atomic mass is 10.1. The predicted molar refractivity (Wildman–Crippen MR) is 243 cm³/mol. The number of aliphatic hydroxyl groups excluding tert-OH is 4. The van der Waals surface area contributed by atoms with Gasteiger partial charge in [0.2, 0.25) is 18.1 Å². The summed E-state index contributed by atoms with van der Waals surface area (Å²) in [5.41, 5.74) is 4.82. The Kier molecular flexibility index (Phi) is 23.7. The number of benzene rings is 2. The van der Waals surface area contributed by atoms with Gasteiger partial charge in [0.15, 0.2) is 6.20 Å². The summed E-state index contributed by atoms with van der Waals surface area (Å²) in [6.45, 7) is 4.97. The third kappa shape index (κ3) is 18.3. The van der Waals surface area contributed by atoms with Gasteiger partial charge in [-0.05, 0) is 59.7 Å². The van der Waals surface area contributed by atoms with E-state index in [1.165, 1.54) is 21.6 Å². The number of carbonyl (C=O) groups excluding carboxylic acids is 4. The van der Waals surface area contributed by atoms with Gasteiger partial charge in [0.25, 0.3) is 5.91 Å². The van der Waals surface area contributed by atoms with E-state index in [2.05, 4.69) is 22.2 Å². The van der Waals surface area contributed by atoms with Gasteiger partial charge in [0, 0.05) is 67.3 Å². The van der Waals surface area contributed by atoms with Crippen molar-refractivity contribution < 1.29 is 44.2 Å². The fraction of sp³-hybridized carbons (Fsp3) is 0.318. The van der Waals surface area contributed by atoms with Crippen LogP contribution in [0.25, 0.3) is 18.2 Å². The first-order valence-corrected chi connectivity index (χ1v) is 21.8. The van der Waals surface area contributed by atoms with Gasteiger partial charge in [-0.25, -0.2) is 0 Å². The van der Waals surface area contributed by atoms with Crippen LogP contribution in [0.15, 0.2) is 109 Å². The molecule has 14 nitrogen and oxygen atoms in total. The Labute approximate surface area is 359 Å². The SMILES string of the molecule is C=C/C=C\C(/C=C/c1ccc(N(CCO)CCO)cc1)=NCC(=O)NC(C=O)CSSCC(C=O)NC(=O)C[n+]1ccccc1/C=C/c1ccc(N(CCO)CCO)cc1. The molecule has 0 aliphatic carbocycles. The van der Waals surface area contributed by atoms with Gasteiger partial charge in [0.05, 0.1) is 44.2 Å². The topological polar surface area (TPSA) is 196 Å². The number of nitrogens with zero attached hydrogens (tertiary/aromatic N) is 4. The van der Waals surface area contributed by atoms with E-state index >= 15 is 0 Å². The fourth-order valence-corrected chi connectivity index (χ4v) is 7.85. The van der Waals surface area contributed by atoms with Gasteiger partial charge in [0.1, 0.15) is 19.1 Å². The van der Waals surface area contributed by atoms with Crippen LogP contribution in [-0.2, 0) is 25.7 Å². The molecule has 6 N–H and O–H groups in total. The fourth-order valence-electron chi connectivity index (χ4n) is 5.59. The Morgan fingerprint density at radius 1 is 0.700 bits per heavy atom. The lowest BCUT2D eigenvalue weighted by molar-refractivity contribution is -0.686. The molecule has 1 heterocycles. The van der Waals surface area contributed by atoms with E-state index in [1.54, 1.807) is 35.1 Å². The van der Waals surface area contributed by atoms with Crippen LogP contribution in [0.1, 0.15) is 16.8 Å². The summed E-state index contributed by atoms with van der Waals surface area (Å²) in [4.78, 5) is 57.5. The monoisotopic (exact) mass is 859 g/mol. The predicted octanol–water partition coefficient (Wildman–Crippen LogP) is 2.37. The maximum Gasteiger partial charge on any atom is 0.286 e. The number of rotatable bonds is 29. The zero-order valence-corrected chi connectivity index (χ0v) is 35.1. The van der Waals surface area contributed by atoms with Crippen molar-refractivity contribution >= 4 is 81.3 Å². The summed E-state index contributed by atoms with van der Waals surface area (Å²) in [5.74, 6) is -0.319. The Morgan fingerprint density at radius 3 is 1.72 bits per heavy atom. The molecule has 0 spiro atoms. The van der Waals surface area contributed by atoms with E-state index in [4.69, 9.17) is 0 Å². The minimum absolute atomic E-state index is 0.0213. The summed E-state index contributed by atoms with van der Waals surface area (Å²) in [7, 11) is 2.59. The van der Waals surface area contributed by atoms with Crippen molar-refractivity contribution in [3.8, 4) is 0 Å². The maximum absolute atomic E-state index is 13.0. The molecule has 3 rings (SSSR count). The summed E-state index contributed by atoms with van der Waals surface area (Å²) in [6.07, 6.45) is 15.4. The lowest BCUT2D eigenvalue weighted by Crippen LogP contribution is -2.48. The molecule has 0 fully saturated rings. The minimum Gasteiger partial charge on any atom is -0.395 e. The smallest absolute Gasteiger partial charge is 0.286 e. The Balaban J connectivity index is 1.47. The minimum atomic E-state index is -0.793. The van der Waals surface area contributed by atoms with Gasteiger partial charge >= 0.3 is 0 Å². The number of aliphatic hydroxyl groups is 4. The van der Waals surface area contributed by atoms with Gasteiger partial charge in [-0.3, -0.25) is 14.6 Å². The molecule has 3 aromatic rings. The molecule has 0 saturated carbocycles. The number of nitrogens with one attached hydrogen (secondary N) is 2. The molecule has 2 aromatic carbocycles.